The topological polar surface area (TPSA) is 41.6 Å². The molecule has 1 aliphatic heterocycles. The van der Waals surface area contributed by atoms with Crippen LogP contribution in [0.15, 0.2) is 24.3 Å². The Hall–Kier alpha value is -1.55. The molecule has 4 heteroatoms. The van der Waals surface area contributed by atoms with E-state index in [1.54, 1.807) is 12.0 Å². The van der Waals surface area contributed by atoms with Crippen molar-refractivity contribution in [1.29, 1.82) is 0 Å². The van der Waals surface area contributed by atoms with E-state index in [4.69, 9.17) is 4.74 Å². The fraction of sp³-hybridized carbons (Fsp3) is 0.533. The minimum Gasteiger partial charge on any atom is -0.496 e. The molecule has 0 aliphatic carbocycles. The Bertz CT molecular complexity index is 453. The van der Waals surface area contributed by atoms with Crippen molar-refractivity contribution < 1.29 is 9.53 Å². The van der Waals surface area contributed by atoms with Gasteiger partial charge in [-0.15, -0.1) is 0 Å². The Morgan fingerprint density at radius 1 is 1.47 bits per heavy atom. The standard InChI is InChI=1S/C15H22N2O2/c1-15(8-9-16-11-15)14(18)17(2)10-12-6-4-5-7-13(12)19-3/h4-7,16H,8-11H2,1-3H3. The normalized spacial score (nSPS) is 22.3. The lowest BCUT2D eigenvalue weighted by Crippen LogP contribution is -2.41. The van der Waals surface area contributed by atoms with Gasteiger partial charge in [0.2, 0.25) is 5.91 Å². The highest BCUT2D eigenvalue weighted by Crippen LogP contribution is 2.28. The summed E-state index contributed by atoms with van der Waals surface area (Å²) in [6.07, 6.45) is 0.905. The fourth-order valence-electron chi connectivity index (χ4n) is 2.62. The van der Waals surface area contributed by atoms with Gasteiger partial charge in [0, 0.05) is 25.7 Å². The van der Waals surface area contributed by atoms with Gasteiger partial charge in [-0.3, -0.25) is 4.79 Å². The lowest BCUT2D eigenvalue weighted by Gasteiger charge is -2.28. The minimum atomic E-state index is -0.267. The third-order valence-corrected chi connectivity index (χ3v) is 3.83. The summed E-state index contributed by atoms with van der Waals surface area (Å²) in [5.74, 6) is 1.03. The summed E-state index contributed by atoms with van der Waals surface area (Å²) in [5, 5.41) is 3.26. The molecular weight excluding hydrogens is 240 g/mol. The molecule has 0 bridgehead atoms. The number of methoxy groups -OCH3 is 1. The molecule has 104 valence electrons. The number of carbonyl (C=O) groups is 1. The van der Waals surface area contributed by atoms with Gasteiger partial charge in [0.15, 0.2) is 0 Å². The van der Waals surface area contributed by atoms with Crippen LogP contribution in [-0.2, 0) is 11.3 Å². The molecule has 0 radical (unpaired) electrons. The second kappa shape index (κ2) is 5.61. The smallest absolute Gasteiger partial charge is 0.229 e. The first-order valence-corrected chi connectivity index (χ1v) is 6.65. The third kappa shape index (κ3) is 2.89. The summed E-state index contributed by atoms with van der Waals surface area (Å²) in [6.45, 7) is 4.30. The number of hydrogen-bond acceptors (Lipinski definition) is 3. The number of hydrogen-bond donors (Lipinski definition) is 1. The molecule has 1 atom stereocenters. The zero-order valence-corrected chi connectivity index (χ0v) is 11.9. The zero-order valence-electron chi connectivity index (χ0n) is 11.9. The van der Waals surface area contributed by atoms with Gasteiger partial charge in [0.1, 0.15) is 5.75 Å². The van der Waals surface area contributed by atoms with Gasteiger partial charge < -0.3 is 15.0 Å². The number of nitrogens with zero attached hydrogens (tertiary/aromatic N) is 1. The molecule has 4 nitrogen and oxygen atoms in total. The average Bonchev–Trinajstić information content (AvgIpc) is 2.86. The maximum Gasteiger partial charge on any atom is 0.229 e. The van der Waals surface area contributed by atoms with Crippen LogP contribution >= 0.6 is 0 Å². The summed E-state index contributed by atoms with van der Waals surface area (Å²) >= 11 is 0. The number of rotatable bonds is 4. The summed E-state index contributed by atoms with van der Waals surface area (Å²) in [4.78, 5) is 14.3. The number of nitrogens with one attached hydrogen (secondary N) is 1. The molecule has 1 N–H and O–H groups in total. The van der Waals surface area contributed by atoms with Gasteiger partial charge >= 0.3 is 0 Å². The van der Waals surface area contributed by atoms with Crippen LogP contribution in [0.25, 0.3) is 0 Å². The first-order valence-electron chi connectivity index (χ1n) is 6.65. The van der Waals surface area contributed by atoms with Crippen molar-refractivity contribution in [2.75, 3.05) is 27.2 Å². The van der Waals surface area contributed by atoms with Crippen molar-refractivity contribution in [3.63, 3.8) is 0 Å². The van der Waals surface area contributed by atoms with Crippen LogP contribution in [0.1, 0.15) is 18.9 Å². The molecule has 1 amide bonds. The minimum absolute atomic E-state index is 0.198. The molecule has 19 heavy (non-hydrogen) atoms. The monoisotopic (exact) mass is 262 g/mol. The summed E-state index contributed by atoms with van der Waals surface area (Å²) in [7, 11) is 3.52. The van der Waals surface area contributed by atoms with Gasteiger partial charge in [0.05, 0.1) is 12.5 Å². The molecule has 1 heterocycles. The van der Waals surface area contributed by atoms with E-state index in [2.05, 4.69) is 5.32 Å². The van der Waals surface area contributed by atoms with Crippen LogP contribution in [0.4, 0.5) is 0 Å². The lowest BCUT2D eigenvalue weighted by molar-refractivity contribution is -0.139. The third-order valence-electron chi connectivity index (χ3n) is 3.83. The number of para-hydroxylation sites is 1. The highest BCUT2D eigenvalue weighted by molar-refractivity contribution is 5.82. The van der Waals surface area contributed by atoms with Gasteiger partial charge in [-0.25, -0.2) is 0 Å². The van der Waals surface area contributed by atoms with E-state index in [-0.39, 0.29) is 11.3 Å². The Labute approximate surface area is 114 Å². The summed E-state index contributed by atoms with van der Waals surface area (Å²) < 4.78 is 5.33. The predicted octanol–water partition coefficient (Wildman–Crippen LogP) is 1.65. The fourth-order valence-corrected chi connectivity index (χ4v) is 2.62. The molecule has 1 aromatic carbocycles. The molecule has 1 aliphatic rings. The van der Waals surface area contributed by atoms with Crippen LogP contribution < -0.4 is 10.1 Å². The van der Waals surface area contributed by atoms with Crippen LogP contribution in [-0.4, -0.2) is 38.1 Å². The average molecular weight is 262 g/mol. The quantitative estimate of drug-likeness (QED) is 0.897. The SMILES string of the molecule is COc1ccccc1CN(C)C(=O)C1(C)CCNC1. The molecular formula is C15H22N2O2. The van der Waals surface area contributed by atoms with E-state index in [1.807, 2.05) is 38.2 Å². The first-order chi connectivity index (χ1) is 9.07. The number of ether oxygens (including phenoxy) is 1. The van der Waals surface area contributed by atoms with Crippen molar-refractivity contribution in [1.82, 2.24) is 10.2 Å². The number of amides is 1. The Balaban J connectivity index is 2.08. The predicted molar refractivity (Wildman–Crippen MR) is 75.1 cm³/mol. The highest BCUT2D eigenvalue weighted by Gasteiger charge is 2.38. The molecule has 1 unspecified atom stereocenters. The number of carbonyl (C=O) groups excluding carboxylic acids is 1. The summed E-state index contributed by atoms with van der Waals surface area (Å²) in [6, 6.07) is 7.83. The molecule has 1 aromatic rings. The van der Waals surface area contributed by atoms with E-state index in [1.165, 1.54) is 0 Å². The van der Waals surface area contributed by atoms with Gasteiger partial charge in [0.25, 0.3) is 0 Å². The van der Waals surface area contributed by atoms with E-state index in [0.717, 1.165) is 30.8 Å². The van der Waals surface area contributed by atoms with Crippen molar-refractivity contribution in [3.05, 3.63) is 29.8 Å². The summed E-state index contributed by atoms with van der Waals surface area (Å²) in [5.41, 5.74) is 0.770. The Morgan fingerprint density at radius 3 is 2.84 bits per heavy atom. The maximum atomic E-state index is 12.5. The first kappa shape index (κ1) is 13.9. The number of benzene rings is 1. The van der Waals surface area contributed by atoms with Crippen molar-refractivity contribution >= 4 is 5.91 Å². The lowest BCUT2D eigenvalue weighted by atomic mass is 9.88. The second-order valence-electron chi connectivity index (χ2n) is 5.46. The Kier molecular flexibility index (Phi) is 4.10. The Morgan fingerprint density at radius 2 is 2.21 bits per heavy atom. The second-order valence-corrected chi connectivity index (χ2v) is 5.46. The molecule has 1 fully saturated rings. The highest BCUT2D eigenvalue weighted by atomic mass is 16.5. The van der Waals surface area contributed by atoms with E-state index < -0.39 is 0 Å². The van der Waals surface area contributed by atoms with Crippen LogP contribution in [0, 0.1) is 5.41 Å². The zero-order chi connectivity index (χ0) is 13.9. The van der Waals surface area contributed by atoms with Crippen molar-refractivity contribution in [2.24, 2.45) is 5.41 Å². The van der Waals surface area contributed by atoms with Gasteiger partial charge in [-0.05, 0) is 26.0 Å². The molecule has 0 spiro atoms. The van der Waals surface area contributed by atoms with Crippen molar-refractivity contribution in [2.45, 2.75) is 19.9 Å². The van der Waals surface area contributed by atoms with E-state index in [9.17, 15) is 4.79 Å². The van der Waals surface area contributed by atoms with E-state index in [0.29, 0.717) is 6.54 Å². The van der Waals surface area contributed by atoms with Crippen LogP contribution in [0.3, 0.4) is 0 Å². The molecule has 1 saturated heterocycles. The van der Waals surface area contributed by atoms with E-state index >= 15 is 0 Å². The molecule has 0 saturated carbocycles. The largest absolute Gasteiger partial charge is 0.496 e. The van der Waals surface area contributed by atoms with Gasteiger partial charge in [-0.1, -0.05) is 18.2 Å². The van der Waals surface area contributed by atoms with Gasteiger partial charge in [-0.2, -0.15) is 0 Å². The van der Waals surface area contributed by atoms with Crippen LogP contribution in [0.2, 0.25) is 0 Å². The maximum absolute atomic E-state index is 12.5. The van der Waals surface area contributed by atoms with Crippen molar-refractivity contribution in [3.8, 4) is 5.75 Å². The molecule has 0 aromatic heterocycles. The van der Waals surface area contributed by atoms with Crippen LogP contribution in [0.5, 0.6) is 5.75 Å². The molecule has 2 rings (SSSR count).